The minimum absolute atomic E-state index is 0.0251. The van der Waals surface area contributed by atoms with Crippen molar-refractivity contribution in [1.29, 1.82) is 0 Å². The number of ether oxygens (including phenoxy) is 1. The maximum atomic E-state index is 12.1. The zero-order valence-corrected chi connectivity index (χ0v) is 11.2. The van der Waals surface area contributed by atoms with E-state index >= 15 is 0 Å². The van der Waals surface area contributed by atoms with E-state index in [1.165, 1.54) is 0 Å². The number of methoxy groups -OCH3 is 1. The van der Waals surface area contributed by atoms with Crippen molar-refractivity contribution in [3.63, 3.8) is 0 Å². The van der Waals surface area contributed by atoms with Gasteiger partial charge in [0.1, 0.15) is 5.75 Å². The van der Waals surface area contributed by atoms with Gasteiger partial charge in [0.2, 0.25) is 0 Å². The van der Waals surface area contributed by atoms with Crippen LogP contribution in [0.5, 0.6) is 5.75 Å². The van der Waals surface area contributed by atoms with Crippen LogP contribution in [0.4, 0.5) is 10.5 Å². The van der Waals surface area contributed by atoms with Crippen molar-refractivity contribution < 1.29 is 9.53 Å². The third-order valence-electron chi connectivity index (χ3n) is 3.51. The lowest BCUT2D eigenvalue weighted by atomic mass is 10.1. The van der Waals surface area contributed by atoms with E-state index in [4.69, 9.17) is 4.74 Å². The molecule has 0 aliphatic carbocycles. The molecule has 1 atom stereocenters. The molecule has 1 aliphatic heterocycles. The van der Waals surface area contributed by atoms with Gasteiger partial charge in [-0.1, -0.05) is 30.3 Å². The van der Waals surface area contributed by atoms with E-state index in [1.807, 2.05) is 54.6 Å². The van der Waals surface area contributed by atoms with E-state index in [2.05, 4.69) is 5.32 Å². The summed E-state index contributed by atoms with van der Waals surface area (Å²) in [4.78, 5) is 13.9. The number of amides is 2. The van der Waals surface area contributed by atoms with E-state index < -0.39 is 0 Å². The lowest BCUT2D eigenvalue weighted by Crippen LogP contribution is -2.29. The summed E-state index contributed by atoms with van der Waals surface area (Å²) in [6.45, 7) is 0.620. The Morgan fingerprint density at radius 1 is 1.10 bits per heavy atom. The van der Waals surface area contributed by atoms with Crippen LogP contribution in [0, 0.1) is 0 Å². The molecule has 102 valence electrons. The molecule has 0 aromatic heterocycles. The van der Waals surface area contributed by atoms with E-state index in [9.17, 15) is 4.79 Å². The van der Waals surface area contributed by atoms with Crippen molar-refractivity contribution in [3.05, 3.63) is 60.2 Å². The number of hydrogen-bond acceptors (Lipinski definition) is 2. The van der Waals surface area contributed by atoms with Crippen LogP contribution in [-0.4, -0.2) is 19.7 Å². The van der Waals surface area contributed by atoms with Crippen LogP contribution >= 0.6 is 0 Å². The summed E-state index contributed by atoms with van der Waals surface area (Å²) in [5, 5.41) is 2.90. The molecule has 1 fully saturated rings. The molecule has 1 saturated heterocycles. The summed E-state index contributed by atoms with van der Waals surface area (Å²) in [5.74, 6) is 0.782. The van der Waals surface area contributed by atoms with E-state index in [-0.39, 0.29) is 12.1 Å². The largest absolute Gasteiger partial charge is 0.497 e. The predicted molar refractivity (Wildman–Crippen MR) is 78.1 cm³/mol. The number of hydrogen-bond donors (Lipinski definition) is 1. The topological polar surface area (TPSA) is 41.6 Å². The predicted octanol–water partition coefficient (Wildman–Crippen LogP) is 2.97. The number of nitrogens with zero attached hydrogens (tertiary/aromatic N) is 1. The van der Waals surface area contributed by atoms with Crippen LogP contribution in [-0.2, 0) is 0 Å². The van der Waals surface area contributed by atoms with Crippen LogP contribution < -0.4 is 15.0 Å². The molecule has 1 N–H and O–H groups in total. The third kappa shape index (κ3) is 2.20. The molecule has 4 nitrogen and oxygen atoms in total. The molecule has 1 heterocycles. The average Bonchev–Trinajstić information content (AvgIpc) is 2.90. The molecule has 2 aromatic rings. The van der Waals surface area contributed by atoms with E-state index in [1.54, 1.807) is 12.0 Å². The minimum Gasteiger partial charge on any atom is -0.497 e. The Hall–Kier alpha value is -2.49. The van der Waals surface area contributed by atoms with Gasteiger partial charge in [-0.3, -0.25) is 4.90 Å². The zero-order valence-electron chi connectivity index (χ0n) is 11.2. The van der Waals surface area contributed by atoms with Gasteiger partial charge in [0, 0.05) is 12.2 Å². The van der Waals surface area contributed by atoms with Crippen LogP contribution in [0.15, 0.2) is 54.6 Å². The molecule has 1 aliphatic rings. The Balaban J connectivity index is 1.94. The molecular formula is C16H16N2O2. The van der Waals surface area contributed by atoms with Gasteiger partial charge < -0.3 is 10.1 Å². The fourth-order valence-corrected chi connectivity index (χ4v) is 2.48. The normalized spacial score (nSPS) is 17.9. The third-order valence-corrected chi connectivity index (χ3v) is 3.51. The second kappa shape index (κ2) is 5.25. The monoisotopic (exact) mass is 268 g/mol. The molecule has 2 aromatic carbocycles. The van der Waals surface area contributed by atoms with Crippen molar-refractivity contribution >= 4 is 11.7 Å². The Labute approximate surface area is 118 Å². The first kappa shape index (κ1) is 12.5. The first-order chi connectivity index (χ1) is 9.79. The van der Waals surface area contributed by atoms with Crippen LogP contribution in [0.3, 0.4) is 0 Å². The number of rotatable bonds is 3. The Morgan fingerprint density at radius 2 is 1.80 bits per heavy atom. The van der Waals surface area contributed by atoms with Gasteiger partial charge >= 0.3 is 6.03 Å². The molecular weight excluding hydrogens is 252 g/mol. The Morgan fingerprint density at radius 3 is 2.45 bits per heavy atom. The molecule has 0 bridgehead atoms. The summed E-state index contributed by atoms with van der Waals surface area (Å²) in [5.41, 5.74) is 2.00. The maximum Gasteiger partial charge on any atom is 0.322 e. The van der Waals surface area contributed by atoms with Gasteiger partial charge in [0.05, 0.1) is 13.2 Å². The van der Waals surface area contributed by atoms with Crippen molar-refractivity contribution in [1.82, 2.24) is 5.32 Å². The molecule has 0 radical (unpaired) electrons. The van der Waals surface area contributed by atoms with Crippen LogP contribution in [0.1, 0.15) is 11.6 Å². The summed E-state index contributed by atoms with van der Waals surface area (Å²) in [6.07, 6.45) is 0. The van der Waals surface area contributed by atoms with E-state index in [0.29, 0.717) is 6.54 Å². The van der Waals surface area contributed by atoms with Gasteiger partial charge in [-0.05, 0) is 29.8 Å². The Bertz CT molecular complexity index is 596. The minimum atomic E-state index is -0.0657. The molecule has 3 rings (SSSR count). The number of nitrogens with one attached hydrogen (secondary N) is 1. The SMILES string of the molecule is COc1ccc(N2C(=O)NCC2c2ccccc2)cc1. The number of carbonyl (C=O) groups is 1. The first-order valence-corrected chi connectivity index (χ1v) is 6.55. The van der Waals surface area contributed by atoms with Crippen LogP contribution in [0.25, 0.3) is 0 Å². The van der Waals surface area contributed by atoms with Gasteiger partial charge in [-0.15, -0.1) is 0 Å². The number of benzene rings is 2. The standard InChI is InChI=1S/C16H16N2O2/c1-20-14-9-7-13(8-10-14)18-15(11-17-16(18)19)12-5-3-2-4-6-12/h2-10,15H,11H2,1H3,(H,17,19). The summed E-state index contributed by atoms with van der Waals surface area (Å²) >= 11 is 0. The molecule has 0 saturated carbocycles. The highest BCUT2D eigenvalue weighted by molar-refractivity contribution is 5.95. The molecule has 2 amide bonds. The number of anilines is 1. The van der Waals surface area contributed by atoms with Gasteiger partial charge in [0.25, 0.3) is 0 Å². The average molecular weight is 268 g/mol. The fourth-order valence-electron chi connectivity index (χ4n) is 2.48. The molecule has 1 unspecified atom stereocenters. The van der Waals surface area contributed by atoms with Crippen molar-refractivity contribution in [2.75, 3.05) is 18.6 Å². The molecule has 0 spiro atoms. The van der Waals surface area contributed by atoms with E-state index in [0.717, 1.165) is 17.0 Å². The van der Waals surface area contributed by atoms with Crippen molar-refractivity contribution in [2.24, 2.45) is 0 Å². The van der Waals surface area contributed by atoms with Crippen molar-refractivity contribution in [3.8, 4) is 5.75 Å². The van der Waals surface area contributed by atoms with Gasteiger partial charge in [-0.2, -0.15) is 0 Å². The zero-order chi connectivity index (χ0) is 13.9. The number of urea groups is 1. The highest BCUT2D eigenvalue weighted by Gasteiger charge is 2.32. The highest BCUT2D eigenvalue weighted by Crippen LogP contribution is 2.31. The quantitative estimate of drug-likeness (QED) is 0.929. The Kier molecular flexibility index (Phi) is 3.29. The summed E-state index contributed by atoms with van der Waals surface area (Å²) in [6, 6.07) is 17.5. The summed E-state index contributed by atoms with van der Waals surface area (Å²) < 4.78 is 5.15. The van der Waals surface area contributed by atoms with Gasteiger partial charge in [-0.25, -0.2) is 4.79 Å². The number of carbonyl (C=O) groups excluding carboxylic acids is 1. The van der Waals surface area contributed by atoms with Gasteiger partial charge in [0.15, 0.2) is 0 Å². The highest BCUT2D eigenvalue weighted by atomic mass is 16.5. The van der Waals surface area contributed by atoms with Crippen molar-refractivity contribution in [2.45, 2.75) is 6.04 Å². The first-order valence-electron chi connectivity index (χ1n) is 6.55. The summed E-state index contributed by atoms with van der Waals surface area (Å²) in [7, 11) is 1.63. The lowest BCUT2D eigenvalue weighted by molar-refractivity contribution is 0.251. The maximum absolute atomic E-state index is 12.1. The van der Waals surface area contributed by atoms with Crippen LogP contribution in [0.2, 0.25) is 0 Å². The second-order valence-electron chi connectivity index (χ2n) is 4.68. The second-order valence-corrected chi connectivity index (χ2v) is 4.68. The lowest BCUT2D eigenvalue weighted by Gasteiger charge is -2.23. The molecule has 20 heavy (non-hydrogen) atoms. The fraction of sp³-hybridized carbons (Fsp3) is 0.188. The smallest absolute Gasteiger partial charge is 0.322 e. The molecule has 4 heteroatoms.